The van der Waals surface area contributed by atoms with E-state index in [1.807, 2.05) is 0 Å². The molecule has 2 aliphatic carbocycles. The molecule has 2 heterocycles. The maximum atomic E-state index is 13.7. The number of carbonyl (C=O) groups is 5. The summed E-state index contributed by atoms with van der Waals surface area (Å²) in [5.74, 6) is -3.11. The predicted octanol–water partition coefficient (Wildman–Crippen LogP) is 5.55. The number of benzene rings is 2. The van der Waals surface area contributed by atoms with Gasteiger partial charge in [0, 0.05) is 11.1 Å². The second-order valence-electron chi connectivity index (χ2n) is 10.2. The molecule has 3 aromatic rings. The summed E-state index contributed by atoms with van der Waals surface area (Å²) in [6.45, 7) is -0.556. The average Bonchev–Trinajstić information content (AvgIpc) is 3.75. The lowest BCUT2D eigenvalue weighted by Crippen LogP contribution is -2.52. The van der Waals surface area contributed by atoms with Crippen LogP contribution < -0.4 is 4.74 Å². The van der Waals surface area contributed by atoms with E-state index in [4.69, 9.17) is 27.9 Å². The van der Waals surface area contributed by atoms with Crippen LogP contribution in [0.3, 0.4) is 0 Å². The minimum absolute atomic E-state index is 0.0821. The van der Waals surface area contributed by atoms with Crippen molar-refractivity contribution in [2.75, 3.05) is 6.54 Å². The molecular weight excluding hydrogens is 575 g/mol. The molecule has 2 bridgehead atoms. The van der Waals surface area contributed by atoms with Crippen molar-refractivity contribution in [1.29, 1.82) is 0 Å². The van der Waals surface area contributed by atoms with Crippen molar-refractivity contribution >= 4 is 64.0 Å². The first-order valence-electron chi connectivity index (χ1n) is 12.8. The van der Waals surface area contributed by atoms with Crippen LogP contribution in [0, 0.1) is 23.7 Å². The van der Waals surface area contributed by atoms with Gasteiger partial charge in [-0.2, -0.15) is 5.01 Å². The molecule has 1 saturated heterocycles. The van der Waals surface area contributed by atoms with E-state index < -0.39 is 47.9 Å². The number of hydrogen-bond donors (Lipinski definition) is 0. The third-order valence-electron chi connectivity index (χ3n) is 7.95. The van der Waals surface area contributed by atoms with E-state index in [1.54, 1.807) is 17.5 Å². The quantitative estimate of drug-likeness (QED) is 0.153. The monoisotopic (exact) mass is 596 g/mol. The molecule has 8 nitrogen and oxygen atoms in total. The zero-order valence-electron chi connectivity index (χ0n) is 20.9. The fourth-order valence-corrected chi connectivity index (χ4v) is 7.03. The van der Waals surface area contributed by atoms with Crippen LogP contribution in [0.25, 0.3) is 0 Å². The lowest BCUT2D eigenvalue weighted by molar-refractivity contribution is -0.155. The van der Waals surface area contributed by atoms with E-state index in [9.17, 15) is 24.0 Å². The minimum Gasteiger partial charge on any atom is -0.422 e. The standard InChI is InChI=1S/C29H22Cl2N2O6S/c30-20-10-7-18(13-21(20)31)26(35)32(33-27(36)24-16-3-4-17(12-16)25(24)28(33)37)14-22(34)15-5-8-19(9-6-15)39-29(38)23-2-1-11-40-23/h1-2,5-11,13,16-17,24-25H,3-4,12,14H2/t16-,17-,24-,25+/m0/s1. The van der Waals surface area contributed by atoms with Gasteiger partial charge < -0.3 is 4.74 Å². The summed E-state index contributed by atoms with van der Waals surface area (Å²) in [6.07, 6.45) is 2.59. The van der Waals surface area contributed by atoms with Crippen LogP contribution in [-0.4, -0.2) is 46.0 Å². The number of Topliss-reactive ketones (excluding diaryl/α,β-unsaturated/α-hetero) is 1. The lowest BCUT2D eigenvalue weighted by Gasteiger charge is -2.31. The molecule has 0 spiro atoms. The van der Waals surface area contributed by atoms with Crippen molar-refractivity contribution < 1.29 is 28.7 Å². The zero-order valence-corrected chi connectivity index (χ0v) is 23.2. The first-order chi connectivity index (χ1) is 19.2. The number of carbonyl (C=O) groups excluding carboxylic acids is 5. The van der Waals surface area contributed by atoms with Crippen molar-refractivity contribution in [3.63, 3.8) is 0 Å². The Bertz CT molecular complexity index is 1510. The molecule has 6 rings (SSSR count). The number of ether oxygens (including phenoxy) is 1. The van der Waals surface area contributed by atoms with Gasteiger partial charge in [0.15, 0.2) is 5.78 Å². The van der Waals surface area contributed by atoms with E-state index in [1.165, 1.54) is 53.8 Å². The smallest absolute Gasteiger partial charge is 0.353 e. The first-order valence-corrected chi connectivity index (χ1v) is 14.4. The lowest BCUT2D eigenvalue weighted by atomic mass is 9.81. The van der Waals surface area contributed by atoms with Crippen molar-refractivity contribution in [2.24, 2.45) is 23.7 Å². The number of halogens is 2. The van der Waals surface area contributed by atoms with Gasteiger partial charge in [-0.15, -0.1) is 11.3 Å². The molecule has 4 atom stereocenters. The number of ketones is 1. The molecule has 1 aromatic heterocycles. The van der Waals surface area contributed by atoms with Gasteiger partial charge in [-0.25, -0.2) is 9.80 Å². The molecule has 3 amide bonds. The van der Waals surface area contributed by atoms with E-state index in [-0.39, 0.29) is 38.8 Å². The number of imide groups is 1. The molecule has 11 heteroatoms. The summed E-state index contributed by atoms with van der Waals surface area (Å²) in [7, 11) is 0. The molecule has 40 heavy (non-hydrogen) atoms. The van der Waals surface area contributed by atoms with E-state index >= 15 is 0 Å². The maximum absolute atomic E-state index is 13.7. The SMILES string of the molecule is O=C(CN(C(=O)c1ccc(Cl)c(Cl)c1)N1C(=O)[C@@H]2[C@H]3CC[C@@H](C3)[C@@H]2C1=O)c1ccc(OC(=O)c2cccs2)cc1. The molecule has 0 radical (unpaired) electrons. The summed E-state index contributed by atoms with van der Waals surface area (Å²) in [5, 5.41) is 3.92. The highest BCUT2D eigenvalue weighted by molar-refractivity contribution is 7.12. The molecular formula is C29H22Cl2N2O6S. The third-order valence-corrected chi connectivity index (χ3v) is 9.54. The van der Waals surface area contributed by atoms with Crippen molar-refractivity contribution in [3.8, 4) is 5.75 Å². The molecule has 2 aromatic carbocycles. The third kappa shape index (κ3) is 4.62. The van der Waals surface area contributed by atoms with Gasteiger partial charge in [0.05, 0.1) is 21.9 Å². The minimum atomic E-state index is -0.720. The van der Waals surface area contributed by atoms with Crippen LogP contribution in [0.4, 0.5) is 0 Å². The number of thiophene rings is 1. The summed E-state index contributed by atoms with van der Waals surface area (Å²) in [4.78, 5) is 66.9. The number of hydrogen-bond acceptors (Lipinski definition) is 7. The number of nitrogens with zero attached hydrogens (tertiary/aromatic N) is 2. The van der Waals surface area contributed by atoms with Crippen LogP contribution in [0.2, 0.25) is 10.0 Å². The maximum Gasteiger partial charge on any atom is 0.353 e. The molecule has 1 aliphatic heterocycles. The van der Waals surface area contributed by atoms with Gasteiger partial charge >= 0.3 is 5.97 Å². The predicted molar refractivity (Wildman–Crippen MR) is 147 cm³/mol. The van der Waals surface area contributed by atoms with Crippen LogP contribution in [-0.2, 0) is 9.59 Å². The highest BCUT2D eigenvalue weighted by atomic mass is 35.5. The van der Waals surface area contributed by atoms with Crippen LogP contribution in [0.1, 0.15) is 49.7 Å². The van der Waals surface area contributed by atoms with E-state index in [0.29, 0.717) is 4.88 Å². The number of rotatable bonds is 7. The van der Waals surface area contributed by atoms with Crippen LogP contribution in [0.15, 0.2) is 60.0 Å². The summed E-state index contributed by atoms with van der Waals surface area (Å²) < 4.78 is 5.34. The largest absolute Gasteiger partial charge is 0.422 e. The van der Waals surface area contributed by atoms with Crippen molar-refractivity contribution in [2.45, 2.75) is 19.3 Å². The number of esters is 1. The highest BCUT2D eigenvalue weighted by Gasteiger charge is 2.62. The van der Waals surface area contributed by atoms with Crippen molar-refractivity contribution in [3.05, 3.63) is 86.0 Å². The average molecular weight is 597 g/mol. The topological polar surface area (TPSA) is 101 Å². The first kappa shape index (κ1) is 26.7. The number of hydrazine groups is 1. The highest BCUT2D eigenvalue weighted by Crippen LogP contribution is 2.56. The molecule has 3 aliphatic rings. The van der Waals surface area contributed by atoms with Gasteiger partial charge in [-0.1, -0.05) is 29.3 Å². The van der Waals surface area contributed by atoms with E-state index in [0.717, 1.165) is 29.3 Å². The van der Waals surface area contributed by atoms with Gasteiger partial charge in [0.1, 0.15) is 17.2 Å². The van der Waals surface area contributed by atoms with E-state index in [2.05, 4.69) is 0 Å². The Labute approximate surface area is 243 Å². The summed E-state index contributed by atoms with van der Waals surface area (Å²) in [5.41, 5.74) is 0.292. The molecule has 0 unspecified atom stereocenters. The number of fused-ring (bicyclic) bond motifs is 5. The Balaban J connectivity index is 1.26. The molecule has 3 fully saturated rings. The Hall–Kier alpha value is -3.53. The Morgan fingerprint density at radius 2 is 1.55 bits per heavy atom. The second-order valence-corrected chi connectivity index (χ2v) is 11.9. The van der Waals surface area contributed by atoms with Gasteiger partial charge in [-0.3, -0.25) is 19.2 Å². The Morgan fingerprint density at radius 3 is 2.15 bits per heavy atom. The normalized spacial score (nSPS) is 22.9. The fraction of sp³-hybridized carbons (Fsp3) is 0.276. The Morgan fingerprint density at radius 1 is 0.900 bits per heavy atom. The summed E-state index contributed by atoms with van der Waals surface area (Å²) in [6, 6.07) is 13.5. The van der Waals surface area contributed by atoms with Gasteiger partial charge in [0.25, 0.3) is 17.7 Å². The van der Waals surface area contributed by atoms with Gasteiger partial charge in [-0.05, 0) is 85.0 Å². The molecule has 204 valence electrons. The fourth-order valence-electron chi connectivity index (χ4n) is 6.13. The van der Waals surface area contributed by atoms with Gasteiger partial charge in [0.2, 0.25) is 0 Å². The molecule has 2 saturated carbocycles. The van der Waals surface area contributed by atoms with Crippen LogP contribution in [0.5, 0.6) is 5.75 Å². The number of amides is 3. The zero-order chi connectivity index (χ0) is 28.1. The Kier molecular flexibility index (Phi) is 6.98. The van der Waals surface area contributed by atoms with Crippen LogP contribution >= 0.6 is 34.5 Å². The molecule has 0 N–H and O–H groups in total. The summed E-state index contributed by atoms with van der Waals surface area (Å²) >= 11 is 13.4. The van der Waals surface area contributed by atoms with Crippen molar-refractivity contribution in [1.82, 2.24) is 10.0 Å². The second kappa shape index (κ2) is 10.5.